The fraction of sp³-hybridized carbons (Fsp3) is 0.632. The number of nitrogens with zero attached hydrogens (tertiary/aromatic N) is 1. The van der Waals surface area contributed by atoms with Gasteiger partial charge in [0.15, 0.2) is 6.10 Å². The first-order valence-electron chi connectivity index (χ1n) is 8.94. The van der Waals surface area contributed by atoms with Gasteiger partial charge < -0.3 is 19.7 Å². The third-order valence-electron chi connectivity index (χ3n) is 4.58. The molecule has 7 nitrogen and oxygen atoms in total. The molecule has 0 aromatic heterocycles. The molecule has 0 aliphatic carbocycles. The van der Waals surface area contributed by atoms with E-state index >= 15 is 0 Å². The Morgan fingerprint density at radius 1 is 1.15 bits per heavy atom. The second-order valence-electron chi connectivity index (χ2n) is 9.11. The molecular formula is C19H30NO6P. The Morgan fingerprint density at radius 3 is 2.04 bits per heavy atom. The van der Waals surface area contributed by atoms with Crippen molar-refractivity contribution in [2.75, 3.05) is 0 Å². The quantitative estimate of drug-likeness (QED) is 0.661. The van der Waals surface area contributed by atoms with E-state index in [9.17, 15) is 9.67 Å². The molecule has 152 valence electrons. The first kappa shape index (κ1) is 21.9. The van der Waals surface area contributed by atoms with Gasteiger partial charge >= 0.3 is 7.82 Å². The van der Waals surface area contributed by atoms with Crippen LogP contribution in [0.15, 0.2) is 17.3 Å². The maximum atomic E-state index is 11.0. The molecule has 1 aromatic carbocycles. The van der Waals surface area contributed by atoms with Crippen LogP contribution in [0.4, 0.5) is 0 Å². The predicted octanol–water partition coefficient (Wildman–Crippen LogP) is 3.98. The third-order valence-corrected chi connectivity index (χ3v) is 5.19. The van der Waals surface area contributed by atoms with Crippen molar-refractivity contribution in [1.29, 1.82) is 0 Å². The van der Waals surface area contributed by atoms with Gasteiger partial charge in [0, 0.05) is 23.1 Å². The largest absolute Gasteiger partial charge is 0.507 e. The lowest BCUT2D eigenvalue weighted by Crippen LogP contribution is -2.26. The minimum Gasteiger partial charge on any atom is -0.507 e. The molecule has 0 saturated heterocycles. The average Bonchev–Trinajstić information content (AvgIpc) is 2.93. The number of phenols is 1. The zero-order chi connectivity index (χ0) is 20.8. The van der Waals surface area contributed by atoms with Crippen molar-refractivity contribution in [2.45, 2.75) is 77.9 Å². The molecule has 1 heterocycles. The number of phosphoric acid groups is 1. The lowest BCUT2D eigenvalue weighted by Gasteiger charge is -2.28. The van der Waals surface area contributed by atoms with Gasteiger partial charge in [-0.1, -0.05) is 46.7 Å². The summed E-state index contributed by atoms with van der Waals surface area (Å²) in [5.41, 5.74) is 2.59. The number of phosphoric ester groups is 1. The van der Waals surface area contributed by atoms with Crippen molar-refractivity contribution in [1.82, 2.24) is 0 Å². The van der Waals surface area contributed by atoms with E-state index in [1.807, 2.05) is 53.7 Å². The summed E-state index contributed by atoms with van der Waals surface area (Å²) in [6.45, 7) is 13.7. The van der Waals surface area contributed by atoms with E-state index in [0.29, 0.717) is 12.1 Å². The van der Waals surface area contributed by atoms with Gasteiger partial charge in [-0.05, 0) is 29.9 Å². The van der Waals surface area contributed by atoms with Gasteiger partial charge in [-0.3, -0.25) is 4.52 Å². The van der Waals surface area contributed by atoms with Crippen LogP contribution < -0.4 is 0 Å². The summed E-state index contributed by atoms with van der Waals surface area (Å²) in [6, 6.07) is 3.81. The summed E-state index contributed by atoms with van der Waals surface area (Å²) in [6.07, 6.45) is -1.04. The second kappa shape index (κ2) is 7.21. The zero-order valence-electron chi connectivity index (χ0n) is 17.0. The van der Waals surface area contributed by atoms with Crippen LogP contribution >= 0.6 is 7.82 Å². The number of rotatable bonds is 4. The minimum atomic E-state index is -4.60. The summed E-state index contributed by atoms with van der Waals surface area (Å²) in [4.78, 5) is 23.3. The van der Waals surface area contributed by atoms with Gasteiger partial charge in [-0.15, -0.1) is 0 Å². The van der Waals surface area contributed by atoms with E-state index in [1.165, 1.54) is 0 Å². The van der Waals surface area contributed by atoms with Gasteiger partial charge in [0.2, 0.25) is 0 Å². The van der Waals surface area contributed by atoms with E-state index < -0.39 is 20.0 Å². The van der Waals surface area contributed by atoms with Crippen molar-refractivity contribution in [2.24, 2.45) is 5.16 Å². The number of oxime groups is 1. The first-order valence-corrected chi connectivity index (χ1v) is 10.5. The maximum absolute atomic E-state index is 11.0. The Hall–Kier alpha value is -1.40. The van der Waals surface area contributed by atoms with Crippen molar-refractivity contribution >= 4 is 13.5 Å². The van der Waals surface area contributed by atoms with Crippen LogP contribution in [0.3, 0.4) is 0 Å². The van der Waals surface area contributed by atoms with Crippen molar-refractivity contribution < 1.29 is 28.8 Å². The fourth-order valence-electron chi connectivity index (χ4n) is 3.05. The van der Waals surface area contributed by atoms with Crippen molar-refractivity contribution in [3.05, 3.63) is 28.8 Å². The molecule has 1 aliphatic heterocycles. The molecule has 0 saturated carbocycles. The Labute approximate surface area is 160 Å². The number of hydrogen-bond acceptors (Lipinski definition) is 5. The van der Waals surface area contributed by atoms with Gasteiger partial charge in [0.25, 0.3) is 0 Å². The van der Waals surface area contributed by atoms with E-state index in [-0.39, 0.29) is 16.6 Å². The average molecular weight is 399 g/mol. The summed E-state index contributed by atoms with van der Waals surface area (Å²) in [7, 11) is -4.60. The normalized spacial score (nSPS) is 19.6. The molecule has 2 atom stereocenters. The van der Waals surface area contributed by atoms with Crippen LogP contribution in [0.1, 0.15) is 71.6 Å². The van der Waals surface area contributed by atoms with Crippen molar-refractivity contribution in [3.8, 4) is 5.75 Å². The highest BCUT2D eigenvalue weighted by Crippen LogP contribution is 2.42. The summed E-state index contributed by atoms with van der Waals surface area (Å²) < 4.78 is 15.8. The van der Waals surface area contributed by atoms with Gasteiger partial charge in [0.1, 0.15) is 11.9 Å². The summed E-state index contributed by atoms with van der Waals surface area (Å²) in [5, 5.41) is 14.9. The molecule has 1 aliphatic rings. The van der Waals surface area contributed by atoms with Crippen LogP contribution in [0.2, 0.25) is 0 Å². The van der Waals surface area contributed by atoms with E-state index in [4.69, 9.17) is 19.1 Å². The Balaban J connectivity index is 2.38. The lowest BCUT2D eigenvalue weighted by atomic mass is 9.78. The summed E-state index contributed by atoms with van der Waals surface area (Å²) in [5.74, 6) is 0.285. The molecule has 0 fully saturated rings. The Bertz CT molecular complexity index is 749. The molecule has 0 spiro atoms. The highest BCUT2D eigenvalue weighted by atomic mass is 31.2. The monoisotopic (exact) mass is 399 g/mol. The van der Waals surface area contributed by atoms with Crippen LogP contribution in [-0.2, 0) is 24.8 Å². The third kappa shape index (κ3) is 5.32. The Morgan fingerprint density at radius 2 is 1.63 bits per heavy atom. The molecule has 2 unspecified atom stereocenters. The van der Waals surface area contributed by atoms with E-state index in [0.717, 1.165) is 16.7 Å². The highest BCUT2D eigenvalue weighted by Gasteiger charge is 2.34. The topological polar surface area (TPSA) is 109 Å². The maximum Gasteiger partial charge on any atom is 0.469 e. The van der Waals surface area contributed by atoms with E-state index in [2.05, 4.69) is 5.16 Å². The smallest absolute Gasteiger partial charge is 0.469 e. The first-order chi connectivity index (χ1) is 12.1. The van der Waals surface area contributed by atoms with Crippen LogP contribution in [-0.4, -0.2) is 32.8 Å². The van der Waals surface area contributed by atoms with E-state index in [1.54, 1.807) is 6.92 Å². The van der Waals surface area contributed by atoms with Gasteiger partial charge in [-0.2, -0.15) is 0 Å². The van der Waals surface area contributed by atoms with Crippen molar-refractivity contribution in [3.63, 3.8) is 0 Å². The second-order valence-corrected chi connectivity index (χ2v) is 10.3. The fourth-order valence-corrected chi connectivity index (χ4v) is 3.62. The zero-order valence-corrected chi connectivity index (χ0v) is 17.9. The molecule has 0 radical (unpaired) electrons. The molecule has 27 heavy (non-hydrogen) atoms. The standard InChI is InChI=1S/C19H30NO6P/c1-11(26-27(22,23)24)16-10-15(20-25-16)12-8-13(18(2,3)4)17(21)14(9-12)19(5,6)7/h8-9,11,16,21H,10H2,1-7H3,(H2,22,23,24). The molecule has 2 rings (SSSR count). The SMILES string of the molecule is CC(OP(=O)(O)O)C1CC(c2cc(C(C)(C)C)c(O)c(C(C)(C)C)c2)=NO1. The predicted molar refractivity (Wildman–Crippen MR) is 104 cm³/mol. The number of aromatic hydroxyl groups is 1. The van der Waals surface area contributed by atoms with Gasteiger partial charge in [0.05, 0.1) is 5.71 Å². The summed E-state index contributed by atoms with van der Waals surface area (Å²) >= 11 is 0. The molecule has 8 heteroatoms. The number of hydrogen-bond donors (Lipinski definition) is 3. The molecule has 3 N–H and O–H groups in total. The molecule has 0 bridgehead atoms. The van der Waals surface area contributed by atoms with Crippen LogP contribution in [0.5, 0.6) is 5.75 Å². The Kier molecular flexibility index (Phi) is 5.84. The number of benzene rings is 1. The molecule has 0 amide bonds. The van der Waals surface area contributed by atoms with Gasteiger partial charge in [-0.25, -0.2) is 4.57 Å². The number of phenolic OH excluding ortho intramolecular Hbond substituents is 1. The molecular weight excluding hydrogens is 369 g/mol. The lowest BCUT2D eigenvalue weighted by molar-refractivity contribution is -0.00787. The minimum absolute atomic E-state index is 0.268. The van der Waals surface area contributed by atoms with Crippen LogP contribution in [0.25, 0.3) is 0 Å². The van der Waals surface area contributed by atoms with Crippen LogP contribution in [0, 0.1) is 0 Å². The molecule has 1 aromatic rings. The highest BCUT2D eigenvalue weighted by molar-refractivity contribution is 7.46.